The van der Waals surface area contributed by atoms with Gasteiger partial charge in [0, 0.05) is 23.4 Å². The van der Waals surface area contributed by atoms with E-state index in [0.717, 1.165) is 28.8 Å². The Hall–Kier alpha value is -3.77. The van der Waals surface area contributed by atoms with Crippen LogP contribution in [0.2, 0.25) is 5.02 Å². The normalized spacial score (nSPS) is 18.1. The smallest absolute Gasteiger partial charge is 0.410 e. The van der Waals surface area contributed by atoms with Gasteiger partial charge in [-0.25, -0.2) is 4.79 Å². The summed E-state index contributed by atoms with van der Waals surface area (Å²) in [7, 11) is 0. The van der Waals surface area contributed by atoms with Gasteiger partial charge in [0.25, 0.3) is 5.91 Å². The van der Waals surface area contributed by atoms with Crippen LogP contribution in [0.3, 0.4) is 0 Å². The summed E-state index contributed by atoms with van der Waals surface area (Å²) in [5, 5.41) is 3.36. The standard InChI is InChI=1S/C27H23ClN2O4/c1-2-30-19(16-33-27(30)32)13-17-7-10-20(11-8-17)34-21-12-9-18(24(28)15-21)14-23-22-5-3-4-6-25(22)29-26(23)31/h3-12,14-15,19H,2,13,16H2,1H3,(H,29,31)/b23-14-. The van der Waals surface area contributed by atoms with Crippen LogP contribution in [0.5, 0.6) is 11.5 Å². The van der Waals surface area contributed by atoms with Crippen molar-refractivity contribution < 1.29 is 19.1 Å². The quantitative estimate of drug-likeness (QED) is 0.444. The van der Waals surface area contributed by atoms with E-state index in [1.54, 1.807) is 17.0 Å². The number of fused-ring (bicyclic) bond motifs is 1. The van der Waals surface area contributed by atoms with Crippen molar-refractivity contribution in [2.24, 2.45) is 0 Å². The minimum atomic E-state index is -0.249. The van der Waals surface area contributed by atoms with Gasteiger partial charge in [-0.15, -0.1) is 0 Å². The van der Waals surface area contributed by atoms with Gasteiger partial charge in [0.15, 0.2) is 0 Å². The Kier molecular flexibility index (Phi) is 5.99. The van der Waals surface area contributed by atoms with E-state index in [-0.39, 0.29) is 18.0 Å². The van der Waals surface area contributed by atoms with E-state index in [1.807, 2.05) is 67.6 Å². The van der Waals surface area contributed by atoms with E-state index in [4.69, 9.17) is 21.1 Å². The summed E-state index contributed by atoms with van der Waals surface area (Å²) in [6.45, 7) is 3.00. The highest BCUT2D eigenvalue weighted by atomic mass is 35.5. The van der Waals surface area contributed by atoms with Gasteiger partial charge in [0.2, 0.25) is 0 Å². The third kappa shape index (κ3) is 4.37. The first-order valence-electron chi connectivity index (χ1n) is 11.1. The Labute approximate surface area is 202 Å². The van der Waals surface area contributed by atoms with Crippen molar-refractivity contribution in [3.63, 3.8) is 0 Å². The molecule has 0 bridgehead atoms. The molecule has 1 atom stereocenters. The summed E-state index contributed by atoms with van der Waals surface area (Å²) in [5.74, 6) is 1.14. The van der Waals surface area contributed by atoms with Crippen LogP contribution in [0.25, 0.3) is 11.6 Å². The van der Waals surface area contributed by atoms with Gasteiger partial charge in [-0.1, -0.05) is 41.9 Å². The molecule has 7 heteroatoms. The summed E-state index contributed by atoms with van der Waals surface area (Å²) in [4.78, 5) is 25.8. The molecule has 2 amide bonds. The molecule has 0 radical (unpaired) electrons. The molecule has 2 heterocycles. The molecule has 3 aromatic carbocycles. The molecule has 1 fully saturated rings. The van der Waals surface area contributed by atoms with Crippen molar-refractivity contribution in [2.45, 2.75) is 19.4 Å². The van der Waals surface area contributed by atoms with Crippen molar-refractivity contribution in [1.29, 1.82) is 0 Å². The minimum absolute atomic E-state index is 0.0543. The average Bonchev–Trinajstić information content (AvgIpc) is 3.35. The molecule has 2 aliphatic rings. The first kappa shape index (κ1) is 22.0. The van der Waals surface area contributed by atoms with Gasteiger partial charge in [-0.3, -0.25) is 4.79 Å². The number of halogens is 1. The number of para-hydroxylation sites is 1. The van der Waals surface area contributed by atoms with E-state index in [0.29, 0.717) is 35.2 Å². The number of anilines is 1. The van der Waals surface area contributed by atoms with Crippen LogP contribution in [0, 0.1) is 0 Å². The first-order valence-corrected chi connectivity index (χ1v) is 11.5. The lowest BCUT2D eigenvalue weighted by Crippen LogP contribution is -2.34. The van der Waals surface area contributed by atoms with Crippen LogP contribution in [0.15, 0.2) is 66.7 Å². The molecular weight excluding hydrogens is 452 g/mol. The number of carbonyl (C=O) groups excluding carboxylic acids is 2. The molecule has 2 aliphatic heterocycles. The largest absolute Gasteiger partial charge is 0.457 e. The predicted octanol–water partition coefficient (Wildman–Crippen LogP) is 6.01. The Morgan fingerprint density at radius 1 is 1.09 bits per heavy atom. The fourth-order valence-electron chi connectivity index (χ4n) is 4.27. The predicted molar refractivity (Wildman–Crippen MR) is 132 cm³/mol. The number of benzene rings is 3. The van der Waals surface area contributed by atoms with Crippen LogP contribution < -0.4 is 10.1 Å². The van der Waals surface area contributed by atoms with E-state index in [2.05, 4.69) is 5.32 Å². The molecule has 1 saturated heterocycles. The molecule has 0 spiro atoms. The Morgan fingerprint density at radius 3 is 2.62 bits per heavy atom. The summed E-state index contributed by atoms with van der Waals surface area (Å²) in [6.07, 6.45) is 2.27. The molecule has 0 aromatic heterocycles. The van der Waals surface area contributed by atoms with Crippen molar-refractivity contribution in [3.8, 4) is 11.5 Å². The van der Waals surface area contributed by atoms with Crippen LogP contribution in [-0.2, 0) is 16.0 Å². The maximum Gasteiger partial charge on any atom is 0.410 e. The topological polar surface area (TPSA) is 67.9 Å². The molecule has 1 N–H and O–H groups in total. The second-order valence-electron chi connectivity index (χ2n) is 8.21. The first-order chi connectivity index (χ1) is 16.5. The van der Waals surface area contributed by atoms with E-state index < -0.39 is 0 Å². The maximum atomic E-state index is 12.4. The highest BCUT2D eigenvalue weighted by Crippen LogP contribution is 2.35. The van der Waals surface area contributed by atoms with E-state index in [1.165, 1.54) is 0 Å². The SMILES string of the molecule is CCN1C(=O)OCC1Cc1ccc(Oc2ccc(/C=C3\C(=O)Nc4ccccc43)c(Cl)c2)cc1. The molecule has 3 aromatic rings. The zero-order valence-electron chi connectivity index (χ0n) is 18.6. The third-order valence-corrected chi connectivity index (χ3v) is 6.35. The number of carbonyl (C=O) groups is 2. The second kappa shape index (κ2) is 9.23. The van der Waals surface area contributed by atoms with Crippen molar-refractivity contribution in [2.75, 3.05) is 18.5 Å². The van der Waals surface area contributed by atoms with Crippen LogP contribution in [0.1, 0.15) is 23.6 Å². The average molecular weight is 475 g/mol. The summed E-state index contributed by atoms with van der Waals surface area (Å²) >= 11 is 6.51. The number of cyclic esters (lactones) is 1. The molecule has 172 valence electrons. The van der Waals surface area contributed by atoms with E-state index >= 15 is 0 Å². The highest BCUT2D eigenvalue weighted by molar-refractivity contribution is 6.37. The number of ether oxygens (including phenoxy) is 2. The Balaban J connectivity index is 1.28. The van der Waals surface area contributed by atoms with Crippen molar-refractivity contribution >= 4 is 40.9 Å². The molecule has 0 aliphatic carbocycles. The molecule has 5 rings (SSSR count). The zero-order chi connectivity index (χ0) is 23.7. The number of likely N-dealkylation sites (N-methyl/N-ethyl adjacent to an activating group) is 1. The molecule has 0 saturated carbocycles. The fourth-order valence-corrected chi connectivity index (χ4v) is 4.50. The monoisotopic (exact) mass is 474 g/mol. The van der Waals surface area contributed by atoms with E-state index in [9.17, 15) is 9.59 Å². The van der Waals surface area contributed by atoms with Crippen molar-refractivity contribution in [1.82, 2.24) is 4.90 Å². The van der Waals surface area contributed by atoms with Gasteiger partial charge in [-0.05, 0) is 66.9 Å². The van der Waals surface area contributed by atoms with Crippen molar-refractivity contribution in [3.05, 3.63) is 88.4 Å². The number of nitrogens with one attached hydrogen (secondary N) is 1. The Morgan fingerprint density at radius 2 is 1.85 bits per heavy atom. The lowest BCUT2D eigenvalue weighted by molar-refractivity contribution is -0.110. The molecule has 34 heavy (non-hydrogen) atoms. The van der Waals surface area contributed by atoms with Gasteiger partial charge in [-0.2, -0.15) is 0 Å². The number of amides is 2. The van der Waals surface area contributed by atoms with Gasteiger partial charge >= 0.3 is 6.09 Å². The van der Waals surface area contributed by atoms with Crippen LogP contribution in [-0.4, -0.2) is 36.1 Å². The van der Waals surface area contributed by atoms with Crippen LogP contribution in [0.4, 0.5) is 10.5 Å². The van der Waals surface area contributed by atoms with Gasteiger partial charge in [0.05, 0.1) is 11.1 Å². The number of hydrogen-bond donors (Lipinski definition) is 1. The lowest BCUT2D eigenvalue weighted by atomic mass is 10.0. The Bertz CT molecular complexity index is 1290. The third-order valence-electron chi connectivity index (χ3n) is 6.03. The number of rotatable bonds is 6. The fraction of sp³-hybridized carbons (Fsp3) is 0.185. The summed E-state index contributed by atoms with van der Waals surface area (Å²) in [5.41, 5.74) is 4.08. The molecule has 6 nitrogen and oxygen atoms in total. The number of hydrogen-bond acceptors (Lipinski definition) is 4. The second-order valence-corrected chi connectivity index (χ2v) is 8.62. The zero-order valence-corrected chi connectivity index (χ0v) is 19.3. The van der Waals surface area contributed by atoms with Gasteiger partial charge < -0.3 is 19.7 Å². The van der Waals surface area contributed by atoms with Gasteiger partial charge in [0.1, 0.15) is 18.1 Å². The number of nitrogens with zero attached hydrogens (tertiary/aromatic N) is 1. The molecular formula is C27H23ClN2O4. The minimum Gasteiger partial charge on any atom is -0.457 e. The highest BCUT2D eigenvalue weighted by Gasteiger charge is 2.31. The lowest BCUT2D eigenvalue weighted by Gasteiger charge is -2.19. The van der Waals surface area contributed by atoms with Crippen LogP contribution >= 0.6 is 11.6 Å². The molecule has 1 unspecified atom stereocenters. The summed E-state index contributed by atoms with van der Waals surface area (Å²) < 4.78 is 11.1. The summed E-state index contributed by atoms with van der Waals surface area (Å²) in [6, 6.07) is 20.8. The maximum absolute atomic E-state index is 12.4.